The van der Waals surface area contributed by atoms with E-state index < -0.39 is 24.3 Å². The largest absolute Gasteiger partial charge is 0.495 e. The molecule has 7 heteroatoms. The molecule has 1 aliphatic heterocycles. The van der Waals surface area contributed by atoms with E-state index in [0.717, 1.165) is 11.0 Å². The third-order valence-electron chi connectivity index (χ3n) is 4.08. The van der Waals surface area contributed by atoms with Crippen molar-refractivity contribution >= 4 is 50.4 Å². The van der Waals surface area contributed by atoms with Gasteiger partial charge in [0.1, 0.15) is 0 Å². The Labute approximate surface area is 141 Å². The van der Waals surface area contributed by atoms with Crippen molar-refractivity contribution in [1.82, 2.24) is 0 Å². The summed E-state index contributed by atoms with van der Waals surface area (Å²) in [7, 11) is -0.523. The Bertz CT molecular complexity index is 556. The molecule has 0 amide bonds. The highest BCUT2D eigenvalue weighted by Crippen LogP contribution is 2.38. The molecule has 2 rings (SSSR count). The van der Waals surface area contributed by atoms with Crippen LogP contribution in [0.3, 0.4) is 0 Å². The highest BCUT2D eigenvalue weighted by molar-refractivity contribution is 9.24. The molecule has 1 aromatic rings. The van der Waals surface area contributed by atoms with Gasteiger partial charge < -0.3 is 14.4 Å². The molecule has 0 spiro atoms. The Hall–Kier alpha value is -0.365. The van der Waals surface area contributed by atoms with Gasteiger partial charge in [0, 0.05) is 0 Å². The van der Waals surface area contributed by atoms with Crippen LogP contribution < -0.4 is 5.46 Å². The van der Waals surface area contributed by atoms with Gasteiger partial charge in [0.15, 0.2) is 0 Å². The topological polar surface area (TPSA) is 55.8 Å². The van der Waals surface area contributed by atoms with Gasteiger partial charge in [0.05, 0.1) is 20.5 Å². The van der Waals surface area contributed by atoms with Crippen molar-refractivity contribution in [2.75, 3.05) is 0 Å². The molecule has 0 unspecified atom stereocenters. The Kier molecular flexibility index (Phi) is 4.60. The number of halogens is 2. The quantitative estimate of drug-likeness (QED) is 0.602. The molecule has 0 bridgehead atoms. The first-order valence-electron chi connectivity index (χ1n) is 6.56. The van der Waals surface area contributed by atoms with Crippen molar-refractivity contribution in [1.29, 1.82) is 0 Å². The standard InChI is InChI=1S/C14H17BBr2O4/c1-13(2)14(3,4)21-15(20-13)10-6-5-8(12(18)19)7-9(10)11(16)17/h5-7,11H,1-4H3,(H,18,19). The minimum Gasteiger partial charge on any atom is -0.478 e. The monoisotopic (exact) mass is 418 g/mol. The van der Waals surface area contributed by atoms with Gasteiger partial charge in [-0.15, -0.1) is 0 Å². The molecule has 114 valence electrons. The summed E-state index contributed by atoms with van der Waals surface area (Å²) in [5.74, 6) is -0.961. The summed E-state index contributed by atoms with van der Waals surface area (Å²) in [5.41, 5.74) is 0.961. The molecular weight excluding hydrogens is 403 g/mol. The second-order valence-corrected chi connectivity index (χ2v) is 9.10. The minimum atomic E-state index is -0.961. The first-order chi connectivity index (χ1) is 9.55. The normalized spacial score (nSPS) is 20.0. The molecule has 0 saturated carbocycles. The fourth-order valence-electron chi connectivity index (χ4n) is 2.08. The SMILES string of the molecule is CC1(C)OB(c2ccc(C(=O)O)cc2C(Br)Br)OC1(C)C. The van der Waals surface area contributed by atoms with E-state index in [-0.39, 0.29) is 9.30 Å². The van der Waals surface area contributed by atoms with Crippen LogP contribution in [0.5, 0.6) is 0 Å². The molecule has 4 nitrogen and oxygen atoms in total. The maximum Gasteiger partial charge on any atom is 0.495 e. The van der Waals surface area contributed by atoms with Crippen molar-refractivity contribution in [2.45, 2.75) is 42.6 Å². The zero-order chi connectivity index (χ0) is 16.0. The second kappa shape index (κ2) is 5.68. The lowest BCUT2D eigenvalue weighted by Gasteiger charge is -2.32. The third-order valence-corrected chi connectivity index (χ3v) is 5.06. The van der Waals surface area contributed by atoms with Gasteiger partial charge in [0.25, 0.3) is 0 Å². The Balaban J connectivity index is 2.44. The van der Waals surface area contributed by atoms with Gasteiger partial charge >= 0.3 is 13.1 Å². The molecule has 1 N–H and O–H groups in total. The van der Waals surface area contributed by atoms with E-state index in [1.165, 1.54) is 0 Å². The summed E-state index contributed by atoms with van der Waals surface area (Å²) < 4.78 is 11.9. The lowest BCUT2D eigenvalue weighted by atomic mass is 9.76. The molecule has 21 heavy (non-hydrogen) atoms. The fraction of sp³-hybridized carbons (Fsp3) is 0.500. The zero-order valence-electron chi connectivity index (χ0n) is 12.3. The van der Waals surface area contributed by atoms with E-state index in [1.807, 2.05) is 27.7 Å². The maximum absolute atomic E-state index is 11.1. The first-order valence-corrected chi connectivity index (χ1v) is 8.39. The average molecular weight is 420 g/mol. The summed E-state index contributed by atoms with van der Waals surface area (Å²) in [6, 6.07) is 4.93. The summed E-state index contributed by atoms with van der Waals surface area (Å²) >= 11 is 6.87. The van der Waals surface area contributed by atoms with E-state index in [9.17, 15) is 4.79 Å². The maximum atomic E-state index is 11.1. The van der Waals surface area contributed by atoms with Crippen LogP contribution >= 0.6 is 31.9 Å². The van der Waals surface area contributed by atoms with E-state index in [4.69, 9.17) is 14.4 Å². The van der Waals surface area contributed by atoms with Crippen molar-refractivity contribution in [2.24, 2.45) is 0 Å². The number of hydrogen-bond donors (Lipinski definition) is 1. The van der Waals surface area contributed by atoms with Crippen LogP contribution in [0, 0.1) is 0 Å². The molecule has 0 radical (unpaired) electrons. The number of alkyl halides is 2. The third kappa shape index (κ3) is 3.21. The van der Waals surface area contributed by atoms with E-state index in [0.29, 0.717) is 0 Å². The molecule has 0 aromatic heterocycles. The van der Waals surface area contributed by atoms with Crippen LogP contribution in [0.1, 0.15) is 47.4 Å². The zero-order valence-corrected chi connectivity index (χ0v) is 15.5. The summed E-state index contributed by atoms with van der Waals surface area (Å²) in [5, 5.41) is 9.12. The van der Waals surface area contributed by atoms with Crippen molar-refractivity contribution < 1.29 is 19.2 Å². The van der Waals surface area contributed by atoms with Crippen molar-refractivity contribution in [3.63, 3.8) is 0 Å². The number of rotatable bonds is 3. The first kappa shape index (κ1) is 17.0. The fourth-order valence-corrected chi connectivity index (χ4v) is 2.87. The van der Waals surface area contributed by atoms with Crippen LogP contribution in [0.25, 0.3) is 0 Å². The highest BCUT2D eigenvalue weighted by atomic mass is 79.9. The van der Waals surface area contributed by atoms with Crippen LogP contribution in [0.2, 0.25) is 0 Å². The number of carboxylic acids is 1. The van der Waals surface area contributed by atoms with Gasteiger partial charge in [-0.05, 0) is 50.9 Å². The number of aromatic carboxylic acids is 1. The predicted octanol–water partition coefficient (Wildman–Crippen LogP) is 3.47. The number of hydrogen-bond acceptors (Lipinski definition) is 3. The van der Waals surface area contributed by atoms with E-state index in [2.05, 4.69) is 31.9 Å². The summed E-state index contributed by atoms with van der Waals surface area (Å²) in [6.07, 6.45) is 0. The van der Waals surface area contributed by atoms with E-state index in [1.54, 1.807) is 18.2 Å². The van der Waals surface area contributed by atoms with Gasteiger partial charge in [0.2, 0.25) is 0 Å². The van der Waals surface area contributed by atoms with Crippen LogP contribution in [0.15, 0.2) is 18.2 Å². The smallest absolute Gasteiger partial charge is 0.478 e. The van der Waals surface area contributed by atoms with Crippen molar-refractivity contribution in [3.8, 4) is 0 Å². The molecule has 1 aliphatic rings. The van der Waals surface area contributed by atoms with Crippen LogP contribution in [0.4, 0.5) is 0 Å². The molecule has 0 atom stereocenters. The molecule has 1 fully saturated rings. The number of carbonyl (C=O) groups is 1. The molecule has 1 aromatic carbocycles. The minimum absolute atomic E-state index is 0.182. The van der Waals surface area contributed by atoms with Gasteiger partial charge in [-0.25, -0.2) is 4.79 Å². The molecular formula is C14H17BBr2O4. The summed E-state index contributed by atoms with van der Waals surface area (Å²) in [4.78, 5) is 11.1. The van der Waals surface area contributed by atoms with Gasteiger partial charge in [-0.2, -0.15) is 0 Å². The van der Waals surface area contributed by atoms with E-state index >= 15 is 0 Å². The average Bonchev–Trinajstić information content (AvgIpc) is 2.57. The molecule has 1 saturated heterocycles. The van der Waals surface area contributed by atoms with Crippen LogP contribution in [-0.4, -0.2) is 29.4 Å². The number of carboxylic acid groups (broad SMARTS) is 1. The molecule has 1 heterocycles. The second-order valence-electron chi connectivity index (χ2n) is 6.04. The molecule has 0 aliphatic carbocycles. The summed E-state index contributed by atoms with van der Waals surface area (Å²) in [6.45, 7) is 7.94. The van der Waals surface area contributed by atoms with Crippen LogP contribution in [-0.2, 0) is 9.31 Å². The number of benzene rings is 1. The Morgan fingerprint density at radius 2 is 1.71 bits per heavy atom. The van der Waals surface area contributed by atoms with Gasteiger partial charge in [-0.3, -0.25) is 0 Å². The lowest BCUT2D eigenvalue weighted by molar-refractivity contribution is 0.00578. The predicted molar refractivity (Wildman–Crippen MR) is 89.7 cm³/mol. The van der Waals surface area contributed by atoms with Crippen molar-refractivity contribution in [3.05, 3.63) is 29.3 Å². The Morgan fingerprint density at radius 1 is 1.19 bits per heavy atom. The lowest BCUT2D eigenvalue weighted by Crippen LogP contribution is -2.41. The highest BCUT2D eigenvalue weighted by Gasteiger charge is 2.52. The van der Waals surface area contributed by atoms with Gasteiger partial charge in [-0.1, -0.05) is 37.9 Å². The Morgan fingerprint density at radius 3 is 2.14 bits per heavy atom.